The number of aliphatic hydroxyl groups is 1. The molecular weight excluding hydrogens is 470 g/mol. The Morgan fingerprint density at radius 3 is 2.38 bits per heavy atom. The van der Waals surface area contributed by atoms with E-state index in [-0.39, 0.29) is 24.0 Å². The van der Waals surface area contributed by atoms with E-state index in [4.69, 9.17) is 14.2 Å². The Bertz CT molecular complexity index is 1360. The lowest BCUT2D eigenvalue weighted by Gasteiger charge is -2.26. The molecule has 0 radical (unpaired) electrons. The van der Waals surface area contributed by atoms with Gasteiger partial charge in [-0.1, -0.05) is 35.9 Å². The van der Waals surface area contributed by atoms with E-state index in [2.05, 4.69) is 0 Å². The number of hydrogen-bond acceptors (Lipinski definition) is 6. The molecule has 1 amide bonds. The molecule has 0 bridgehead atoms. The first-order valence-corrected chi connectivity index (χ1v) is 12.1. The monoisotopic (exact) mass is 501 g/mol. The first kappa shape index (κ1) is 25.8. The number of Topliss-reactive ketones (excluding diaryl/α,β-unsaturated/α-hetero) is 1. The molecule has 1 aliphatic heterocycles. The summed E-state index contributed by atoms with van der Waals surface area (Å²) >= 11 is 0. The normalized spacial score (nSPS) is 16.8. The second-order valence-corrected chi connectivity index (χ2v) is 9.22. The molecule has 37 heavy (non-hydrogen) atoms. The van der Waals surface area contributed by atoms with Crippen molar-refractivity contribution in [1.82, 2.24) is 4.90 Å². The van der Waals surface area contributed by atoms with E-state index in [0.717, 1.165) is 11.1 Å². The number of rotatable bonds is 8. The Balaban J connectivity index is 1.90. The van der Waals surface area contributed by atoms with Crippen molar-refractivity contribution < 1.29 is 28.9 Å². The molecule has 3 aromatic carbocycles. The fraction of sp³-hybridized carbons (Fsp3) is 0.267. The quantitative estimate of drug-likeness (QED) is 0.252. The molecular formula is C30H31NO6. The van der Waals surface area contributed by atoms with E-state index >= 15 is 0 Å². The number of benzene rings is 3. The molecule has 0 aliphatic carbocycles. The zero-order valence-corrected chi connectivity index (χ0v) is 21.6. The van der Waals surface area contributed by atoms with Gasteiger partial charge >= 0.3 is 0 Å². The Labute approximate surface area is 216 Å². The van der Waals surface area contributed by atoms with E-state index < -0.39 is 17.7 Å². The summed E-state index contributed by atoms with van der Waals surface area (Å²) in [5, 5.41) is 11.5. The molecule has 7 nitrogen and oxygen atoms in total. The van der Waals surface area contributed by atoms with Gasteiger partial charge in [0.05, 0.1) is 37.5 Å². The molecule has 1 fully saturated rings. The number of hydrogen-bond donors (Lipinski definition) is 1. The van der Waals surface area contributed by atoms with Crippen LogP contribution in [0.4, 0.5) is 0 Å². The number of aryl methyl sites for hydroxylation is 1. The van der Waals surface area contributed by atoms with Crippen LogP contribution in [0.2, 0.25) is 0 Å². The van der Waals surface area contributed by atoms with Crippen LogP contribution in [0.15, 0.2) is 72.3 Å². The van der Waals surface area contributed by atoms with E-state index in [9.17, 15) is 14.7 Å². The maximum Gasteiger partial charge on any atom is 0.295 e. The first-order valence-electron chi connectivity index (χ1n) is 12.1. The molecule has 192 valence electrons. The van der Waals surface area contributed by atoms with Crippen molar-refractivity contribution in [2.24, 2.45) is 0 Å². The van der Waals surface area contributed by atoms with Crippen molar-refractivity contribution in [2.45, 2.75) is 39.5 Å². The summed E-state index contributed by atoms with van der Waals surface area (Å²) in [4.78, 5) is 28.4. The molecule has 3 aromatic rings. The van der Waals surface area contributed by atoms with Crippen LogP contribution in [0.3, 0.4) is 0 Å². The summed E-state index contributed by atoms with van der Waals surface area (Å²) in [6.07, 6.45) is -0.0602. The van der Waals surface area contributed by atoms with Crippen molar-refractivity contribution in [3.8, 4) is 17.2 Å². The molecule has 0 aromatic heterocycles. The molecule has 0 saturated carbocycles. The predicted octanol–water partition coefficient (Wildman–Crippen LogP) is 5.42. The van der Waals surface area contributed by atoms with E-state index in [1.54, 1.807) is 25.3 Å². The molecule has 4 rings (SSSR count). The summed E-state index contributed by atoms with van der Waals surface area (Å²) in [6.45, 7) is 5.86. The highest BCUT2D eigenvalue weighted by molar-refractivity contribution is 6.46. The zero-order valence-electron chi connectivity index (χ0n) is 21.6. The number of amides is 1. The molecule has 1 unspecified atom stereocenters. The standard InChI is InChI=1S/C30H31NO6/c1-18(2)37-23-11-7-9-21(16-23)27-26(28(32)24-14-19(3)12-13-25(24)36-5)29(33)30(34)31(27)17-20-8-6-10-22(15-20)35-4/h6-16,18,27,32H,17H2,1-5H3/b28-26+. The van der Waals surface area contributed by atoms with Crippen molar-refractivity contribution in [3.63, 3.8) is 0 Å². The SMILES string of the molecule is COc1cccc(CN2C(=O)C(=O)/C(=C(/O)c3cc(C)ccc3OC)C2c2cccc(OC(C)C)c2)c1. The van der Waals surface area contributed by atoms with Crippen molar-refractivity contribution in [3.05, 3.63) is 94.6 Å². The first-order chi connectivity index (χ1) is 17.7. The summed E-state index contributed by atoms with van der Waals surface area (Å²) in [5.74, 6) is -0.0969. The van der Waals surface area contributed by atoms with Crippen molar-refractivity contribution in [1.29, 1.82) is 0 Å². The maximum absolute atomic E-state index is 13.5. The second-order valence-electron chi connectivity index (χ2n) is 9.22. The molecule has 7 heteroatoms. The van der Waals surface area contributed by atoms with Crippen LogP contribution in [0.5, 0.6) is 17.2 Å². The number of carbonyl (C=O) groups excluding carboxylic acids is 2. The Kier molecular flexibility index (Phi) is 7.53. The highest BCUT2D eigenvalue weighted by atomic mass is 16.5. The van der Waals surface area contributed by atoms with Gasteiger partial charge in [0.2, 0.25) is 0 Å². The molecule has 1 heterocycles. The third kappa shape index (κ3) is 5.31. The van der Waals surface area contributed by atoms with Gasteiger partial charge in [-0.3, -0.25) is 9.59 Å². The van der Waals surface area contributed by atoms with Crippen LogP contribution in [0.1, 0.15) is 42.1 Å². The van der Waals surface area contributed by atoms with Crippen LogP contribution < -0.4 is 14.2 Å². The van der Waals surface area contributed by atoms with E-state index in [0.29, 0.717) is 28.4 Å². The largest absolute Gasteiger partial charge is 0.507 e. The zero-order chi connectivity index (χ0) is 26.7. The van der Waals surface area contributed by atoms with Gasteiger partial charge in [-0.15, -0.1) is 0 Å². The fourth-order valence-electron chi connectivity index (χ4n) is 4.54. The van der Waals surface area contributed by atoms with E-state index in [1.807, 2.05) is 69.3 Å². The Hall–Kier alpha value is -4.26. The lowest BCUT2D eigenvalue weighted by molar-refractivity contribution is -0.140. The molecule has 1 saturated heterocycles. The third-order valence-corrected chi connectivity index (χ3v) is 6.18. The van der Waals surface area contributed by atoms with Gasteiger partial charge in [0, 0.05) is 6.54 Å². The minimum atomic E-state index is -0.841. The molecule has 1 atom stereocenters. The van der Waals surface area contributed by atoms with Crippen LogP contribution in [0.25, 0.3) is 5.76 Å². The number of ketones is 1. The number of ether oxygens (including phenoxy) is 3. The molecule has 1 N–H and O–H groups in total. The lowest BCUT2D eigenvalue weighted by Crippen LogP contribution is -2.29. The second kappa shape index (κ2) is 10.8. The summed E-state index contributed by atoms with van der Waals surface area (Å²) in [5.41, 5.74) is 2.65. The fourth-order valence-corrected chi connectivity index (χ4v) is 4.54. The molecule has 1 aliphatic rings. The van der Waals surface area contributed by atoms with E-state index in [1.165, 1.54) is 12.0 Å². The number of nitrogens with zero attached hydrogens (tertiary/aromatic N) is 1. The minimum absolute atomic E-state index is 0.00140. The highest BCUT2D eigenvalue weighted by Crippen LogP contribution is 2.42. The van der Waals surface area contributed by atoms with Crippen LogP contribution >= 0.6 is 0 Å². The Morgan fingerprint density at radius 1 is 0.946 bits per heavy atom. The minimum Gasteiger partial charge on any atom is -0.507 e. The Morgan fingerprint density at radius 2 is 1.68 bits per heavy atom. The van der Waals surface area contributed by atoms with Crippen molar-refractivity contribution in [2.75, 3.05) is 14.2 Å². The van der Waals surface area contributed by atoms with Gasteiger partial charge in [0.1, 0.15) is 23.0 Å². The number of methoxy groups -OCH3 is 2. The topological polar surface area (TPSA) is 85.3 Å². The van der Waals surface area contributed by atoms with Gasteiger partial charge in [0.15, 0.2) is 0 Å². The van der Waals surface area contributed by atoms with Crippen LogP contribution in [-0.2, 0) is 16.1 Å². The number of carbonyl (C=O) groups is 2. The maximum atomic E-state index is 13.5. The smallest absolute Gasteiger partial charge is 0.295 e. The van der Waals surface area contributed by atoms with Crippen LogP contribution in [0, 0.1) is 6.92 Å². The lowest BCUT2D eigenvalue weighted by atomic mass is 9.94. The summed E-state index contributed by atoms with van der Waals surface area (Å²) < 4.78 is 16.7. The van der Waals surface area contributed by atoms with Gasteiger partial charge in [-0.2, -0.15) is 0 Å². The molecule has 0 spiro atoms. The average molecular weight is 502 g/mol. The van der Waals surface area contributed by atoms with Crippen molar-refractivity contribution >= 4 is 17.4 Å². The van der Waals surface area contributed by atoms with Crippen LogP contribution in [-0.4, -0.2) is 42.0 Å². The number of aliphatic hydroxyl groups excluding tert-OH is 1. The highest BCUT2D eigenvalue weighted by Gasteiger charge is 2.46. The van der Waals surface area contributed by atoms with Gasteiger partial charge in [-0.25, -0.2) is 0 Å². The van der Waals surface area contributed by atoms with Gasteiger partial charge < -0.3 is 24.2 Å². The predicted molar refractivity (Wildman–Crippen MR) is 141 cm³/mol. The number of likely N-dealkylation sites (tertiary alicyclic amines) is 1. The van der Waals surface area contributed by atoms with Gasteiger partial charge in [0.25, 0.3) is 11.7 Å². The van der Waals surface area contributed by atoms with Gasteiger partial charge in [-0.05, 0) is 68.3 Å². The average Bonchev–Trinajstić information content (AvgIpc) is 3.13. The summed E-state index contributed by atoms with van der Waals surface area (Å²) in [6, 6.07) is 19.0. The third-order valence-electron chi connectivity index (χ3n) is 6.18. The summed E-state index contributed by atoms with van der Waals surface area (Å²) in [7, 11) is 3.06.